The van der Waals surface area contributed by atoms with Crippen LogP contribution in [0.2, 0.25) is 0 Å². The molecule has 4 nitrogen and oxygen atoms in total. The number of hydrogen-bond acceptors (Lipinski definition) is 2. The highest BCUT2D eigenvalue weighted by atomic mass is 31.2. The van der Waals surface area contributed by atoms with Gasteiger partial charge in [0.15, 0.2) is 0 Å². The first-order valence-electron chi connectivity index (χ1n) is 8.34. The van der Waals surface area contributed by atoms with Crippen LogP contribution in [-0.4, -0.2) is 21.5 Å². The van der Waals surface area contributed by atoms with E-state index in [1.54, 1.807) is 0 Å². The van der Waals surface area contributed by atoms with E-state index < -0.39 is 25.1 Å². The van der Waals surface area contributed by atoms with Crippen molar-refractivity contribution >= 4 is 7.60 Å². The zero-order chi connectivity index (χ0) is 18.6. The molecule has 1 aliphatic rings. The lowest BCUT2D eigenvalue weighted by molar-refractivity contribution is 0.334. The molecule has 1 atom stereocenters. The summed E-state index contributed by atoms with van der Waals surface area (Å²) in [6, 6.07) is 19.0. The number of benzene rings is 2. The molecule has 0 saturated heterocycles. The van der Waals surface area contributed by atoms with Gasteiger partial charge in [0, 0.05) is 0 Å². The minimum atomic E-state index is -4.32. The van der Waals surface area contributed by atoms with Crippen LogP contribution in [0.3, 0.4) is 0 Å². The third kappa shape index (κ3) is 4.77. The molecule has 26 heavy (non-hydrogen) atoms. The molecule has 3 N–H and O–H groups in total. The molecule has 0 bridgehead atoms. The van der Waals surface area contributed by atoms with Crippen molar-refractivity contribution in [3.63, 3.8) is 0 Å². The van der Waals surface area contributed by atoms with Crippen LogP contribution in [0.4, 0.5) is 4.39 Å². The van der Waals surface area contributed by atoms with E-state index in [4.69, 9.17) is 0 Å². The zero-order valence-electron chi connectivity index (χ0n) is 14.1. The molecular formula is C20H21FNO3P. The van der Waals surface area contributed by atoms with Crippen LogP contribution in [-0.2, 0) is 4.57 Å². The van der Waals surface area contributed by atoms with E-state index in [-0.39, 0.29) is 12.5 Å². The molecule has 0 saturated carbocycles. The Kier molecular flexibility index (Phi) is 5.54. The summed E-state index contributed by atoms with van der Waals surface area (Å²) in [6.07, 6.45) is 3.91. The van der Waals surface area contributed by atoms with Gasteiger partial charge in [-0.25, -0.2) is 4.39 Å². The van der Waals surface area contributed by atoms with Gasteiger partial charge in [-0.15, -0.1) is 0 Å². The van der Waals surface area contributed by atoms with E-state index in [0.29, 0.717) is 0 Å². The molecule has 0 fully saturated rings. The van der Waals surface area contributed by atoms with Gasteiger partial charge in [0.05, 0.1) is 17.7 Å². The Morgan fingerprint density at radius 1 is 1.04 bits per heavy atom. The maximum Gasteiger partial charge on any atom is 0.327 e. The van der Waals surface area contributed by atoms with Crippen LogP contribution in [0.25, 0.3) is 0 Å². The molecule has 6 heteroatoms. The van der Waals surface area contributed by atoms with Gasteiger partial charge in [-0.1, -0.05) is 66.7 Å². The number of halogens is 1. The summed E-state index contributed by atoms with van der Waals surface area (Å²) in [7, 11) is -4.32. The second-order valence-electron chi connectivity index (χ2n) is 6.50. The number of rotatable bonds is 6. The van der Waals surface area contributed by atoms with Gasteiger partial charge in [-0.3, -0.25) is 9.88 Å². The van der Waals surface area contributed by atoms with Crippen LogP contribution in [0.15, 0.2) is 84.7 Å². The first kappa shape index (κ1) is 18.7. The average molecular weight is 373 g/mol. The van der Waals surface area contributed by atoms with Crippen LogP contribution in [0, 0.1) is 0 Å². The van der Waals surface area contributed by atoms with Gasteiger partial charge in [0.2, 0.25) is 0 Å². The fraction of sp³-hybridized carbons (Fsp3) is 0.200. The largest absolute Gasteiger partial charge is 0.327 e. The zero-order valence-corrected chi connectivity index (χ0v) is 15.0. The van der Waals surface area contributed by atoms with Gasteiger partial charge >= 0.3 is 7.60 Å². The highest BCUT2D eigenvalue weighted by molar-refractivity contribution is 7.51. The molecule has 136 valence electrons. The van der Waals surface area contributed by atoms with Gasteiger partial charge in [-0.05, 0) is 29.7 Å². The summed E-state index contributed by atoms with van der Waals surface area (Å²) in [5, 5.41) is 3.39. The number of allylic oxidation sites excluding steroid dienone is 2. The first-order valence-corrected chi connectivity index (χ1v) is 10.1. The van der Waals surface area contributed by atoms with Crippen molar-refractivity contribution in [1.29, 1.82) is 0 Å². The topological polar surface area (TPSA) is 69.6 Å². The minimum absolute atomic E-state index is 0.163. The fourth-order valence-electron chi connectivity index (χ4n) is 3.23. The third-order valence-corrected chi connectivity index (χ3v) is 5.38. The fourth-order valence-corrected chi connectivity index (χ4v) is 4.29. The summed E-state index contributed by atoms with van der Waals surface area (Å²) in [5.74, 6) is -0.399. The van der Waals surface area contributed by atoms with Crippen molar-refractivity contribution in [1.82, 2.24) is 5.32 Å². The second-order valence-corrected chi connectivity index (χ2v) is 8.15. The van der Waals surface area contributed by atoms with Gasteiger partial charge < -0.3 is 9.79 Å². The van der Waals surface area contributed by atoms with Crippen LogP contribution < -0.4 is 5.32 Å². The van der Waals surface area contributed by atoms with E-state index in [1.807, 2.05) is 60.7 Å². The molecule has 0 spiro atoms. The Morgan fingerprint density at radius 2 is 1.58 bits per heavy atom. The Labute approximate surface area is 152 Å². The predicted octanol–water partition coefficient (Wildman–Crippen LogP) is 4.10. The maximum absolute atomic E-state index is 13.5. The second kappa shape index (κ2) is 7.68. The lowest BCUT2D eigenvalue weighted by Crippen LogP contribution is -2.49. The smallest absolute Gasteiger partial charge is 0.324 e. The number of hydrogen-bond donors (Lipinski definition) is 3. The van der Waals surface area contributed by atoms with Crippen molar-refractivity contribution < 1.29 is 18.7 Å². The van der Waals surface area contributed by atoms with Crippen molar-refractivity contribution in [2.45, 2.75) is 18.0 Å². The molecule has 0 amide bonds. The van der Waals surface area contributed by atoms with Crippen LogP contribution in [0.5, 0.6) is 0 Å². The van der Waals surface area contributed by atoms with Crippen molar-refractivity contribution in [2.75, 3.05) is 6.16 Å². The molecule has 0 radical (unpaired) electrons. The van der Waals surface area contributed by atoms with Crippen molar-refractivity contribution in [3.05, 3.63) is 95.8 Å². The highest BCUT2D eigenvalue weighted by Crippen LogP contribution is 2.42. The molecule has 1 aliphatic carbocycles. The first-order chi connectivity index (χ1) is 12.4. The quantitative estimate of drug-likeness (QED) is 0.667. The van der Waals surface area contributed by atoms with Crippen LogP contribution >= 0.6 is 7.60 Å². The monoisotopic (exact) mass is 373 g/mol. The van der Waals surface area contributed by atoms with Gasteiger partial charge in [0.25, 0.3) is 0 Å². The van der Waals surface area contributed by atoms with Crippen molar-refractivity contribution in [3.8, 4) is 0 Å². The summed E-state index contributed by atoms with van der Waals surface area (Å²) >= 11 is 0. The maximum atomic E-state index is 13.5. The molecule has 0 unspecified atom stereocenters. The van der Waals surface area contributed by atoms with E-state index in [2.05, 4.69) is 5.32 Å². The summed E-state index contributed by atoms with van der Waals surface area (Å²) in [6.45, 7) is 0. The highest BCUT2D eigenvalue weighted by Gasteiger charge is 2.37. The van der Waals surface area contributed by atoms with Gasteiger partial charge in [-0.2, -0.15) is 0 Å². The lowest BCUT2D eigenvalue weighted by Gasteiger charge is -2.37. The van der Waals surface area contributed by atoms with E-state index in [9.17, 15) is 18.7 Å². The van der Waals surface area contributed by atoms with Gasteiger partial charge in [0.1, 0.15) is 5.83 Å². The van der Waals surface area contributed by atoms with Crippen molar-refractivity contribution in [2.24, 2.45) is 0 Å². The average Bonchev–Trinajstić information content (AvgIpc) is 2.63. The molecule has 3 rings (SSSR count). The Bertz CT molecular complexity index is 808. The summed E-state index contributed by atoms with van der Waals surface area (Å²) < 4.78 is 25.2. The number of nitrogens with one attached hydrogen (secondary N) is 1. The predicted molar refractivity (Wildman–Crippen MR) is 100 cm³/mol. The molecule has 0 heterocycles. The molecular weight excluding hydrogens is 352 g/mol. The van der Waals surface area contributed by atoms with Crippen LogP contribution in [0.1, 0.15) is 23.6 Å². The Balaban J connectivity index is 2.00. The molecule has 0 aromatic heterocycles. The summed E-state index contributed by atoms with van der Waals surface area (Å²) in [5.41, 5.74) is 0.893. The van der Waals surface area contributed by atoms with E-state index in [1.165, 1.54) is 18.2 Å². The van der Waals surface area contributed by atoms with E-state index in [0.717, 1.165) is 11.1 Å². The minimum Gasteiger partial charge on any atom is -0.324 e. The van der Waals surface area contributed by atoms with E-state index >= 15 is 0 Å². The Hall–Kier alpha value is -2.04. The third-order valence-electron chi connectivity index (χ3n) is 4.41. The molecule has 0 aliphatic heterocycles. The standard InChI is InChI=1S/C20H21FNO3P/c21-18-11-13-20(14-12-18,15-26(23,24)25)22-19(16-7-3-1-4-8-16)17-9-5-2-6-10-17/h1-13,19,22H,14-15H2,(H2,23,24,25)/t20-/m0/s1. The summed E-state index contributed by atoms with van der Waals surface area (Å²) in [4.78, 5) is 19.2. The normalized spacial score (nSPS) is 20.2. The molecule has 2 aromatic rings. The molecule has 2 aromatic carbocycles. The lowest BCUT2D eigenvalue weighted by atomic mass is 9.89. The SMILES string of the molecule is O=P(O)(O)C[C@]1(NC(c2ccccc2)c2ccccc2)C=CC(F)=CC1. The Morgan fingerprint density at radius 3 is 2.00 bits per heavy atom.